The van der Waals surface area contributed by atoms with Gasteiger partial charge < -0.3 is 10.4 Å². The van der Waals surface area contributed by atoms with Crippen LogP contribution >= 0.6 is 0 Å². The molecule has 0 radical (unpaired) electrons. The standard InChI is InChI=1S/C14H21NO3S/c1-3-5-13(16)9-15-14(17)12-7-4-6-11(8-12)10-19(2)18/h4,6-8,13,16H,3,5,9-10H2,1-2H3,(H,15,17). The summed E-state index contributed by atoms with van der Waals surface area (Å²) in [4.78, 5) is 11.9. The van der Waals surface area contributed by atoms with Gasteiger partial charge in [-0.1, -0.05) is 25.5 Å². The van der Waals surface area contributed by atoms with Crippen LogP contribution in [0, 0.1) is 0 Å². The van der Waals surface area contributed by atoms with Crippen molar-refractivity contribution in [1.82, 2.24) is 5.32 Å². The average Bonchev–Trinajstić information content (AvgIpc) is 2.36. The normalized spacial score (nSPS) is 13.8. The van der Waals surface area contributed by atoms with Crippen LogP contribution < -0.4 is 5.32 Å². The number of carbonyl (C=O) groups is 1. The molecule has 1 aromatic carbocycles. The van der Waals surface area contributed by atoms with E-state index in [2.05, 4.69) is 5.32 Å². The lowest BCUT2D eigenvalue weighted by Gasteiger charge is -2.11. The fourth-order valence-corrected chi connectivity index (χ4v) is 2.43. The van der Waals surface area contributed by atoms with E-state index < -0.39 is 16.9 Å². The minimum absolute atomic E-state index is 0.209. The summed E-state index contributed by atoms with van der Waals surface area (Å²) in [5.41, 5.74) is 1.41. The molecule has 5 heteroatoms. The van der Waals surface area contributed by atoms with Gasteiger partial charge in [-0.2, -0.15) is 0 Å². The Morgan fingerprint density at radius 3 is 2.84 bits per heavy atom. The van der Waals surface area contributed by atoms with E-state index in [4.69, 9.17) is 0 Å². The molecule has 0 aliphatic carbocycles. The first-order chi connectivity index (χ1) is 9.02. The summed E-state index contributed by atoms with van der Waals surface area (Å²) in [5, 5.41) is 12.3. The molecule has 0 aromatic heterocycles. The van der Waals surface area contributed by atoms with E-state index in [1.54, 1.807) is 24.5 Å². The molecule has 0 heterocycles. The van der Waals surface area contributed by atoms with Crippen molar-refractivity contribution < 1.29 is 14.1 Å². The number of carbonyl (C=O) groups excluding carboxylic acids is 1. The Bertz CT molecular complexity index is 448. The Hall–Kier alpha value is -1.20. The maximum atomic E-state index is 11.9. The Labute approximate surface area is 116 Å². The largest absolute Gasteiger partial charge is 0.391 e. The highest BCUT2D eigenvalue weighted by Crippen LogP contribution is 2.07. The summed E-state index contributed by atoms with van der Waals surface area (Å²) in [6.07, 6.45) is 2.69. The fraction of sp³-hybridized carbons (Fsp3) is 0.500. The Balaban J connectivity index is 2.59. The second kappa shape index (κ2) is 8.07. The highest BCUT2D eigenvalue weighted by atomic mass is 32.2. The fourth-order valence-electron chi connectivity index (χ4n) is 1.78. The molecule has 2 unspecified atom stereocenters. The van der Waals surface area contributed by atoms with Gasteiger partial charge in [0.15, 0.2) is 0 Å². The molecule has 1 aromatic rings. The number of benzene rings is 1. The Kier molecular flexibility index (Phi) is 6.73. The zero-order chi connectivity index (χ0) is 14.3. The number of aliphatic hydroxyl groups excluding tert-OH is 1. The lowest BCUT2D eigenvalue weighted by Crippen LogP contribution is -2.32. The molecule has 2 N–H and O–H groups in total. The molecular weight excluding hydrogens is 262 g/mol. The van der Waals surface area contributed by atoms with E-state index >= 15 is 0 Å². The molecule has 106 valence electrons. The van der Waals surface area contributed by atoms with E-state index in [0.717, 1.165) is 12.0 Å². The third-order valence-electron chi connectivity index (χ3n) is 2.68. The van der Waals surface area contributed by atoms with Gasteiger partial charge in [0.2, 0.25) is 0 Å². The van der Waals surface area contributed by atoms with Crippen LogP contribution in [-0.2, 0) is 16.6 Å². The molecule has 0 spiro atoms. The van der Waals surface area contributed by atoms with Crippen LogP contribution in [0.3, 0.4) is 0 Å². The molecule has 0 bridgehead atoms. The predicted molar refractivity (Wildman–Crippen MR) is 77.5 cm³/mol. The highest BCUT2D eigenvalue weighted by Gasteiger charge is 2.09. The van der Waals surface area contributed by atoms with Crippen LogP contribution in [0.4, 0.5) is 0 Å². The van der Waals surface area contributed by atoms with Crippen molar-refractivity contribution in [3.05, 3.63) is 35.4 Å². The first kappa shape index (κ1) is 15.9. The van der Waals surface area contributed by atoms with Crippen molar-refractivity contribution in [2.24, 2.45) is 0 Å². The van der Waals surface area contributed by atoms with Crippen LogP contribution in [0.1, 0.15) is 35.7 Å². The Morgan fingerprint density at radius 2 is 2.21 bits per heavy atom. The minimum atomic E-state index is -0.924. The Morgan fingerprint density at radius 1 is 1.47 bits per heavy atom. The van der Waals surface area contributed by atoms with Crippen molar-refractivity contribution >= 4 is 16.7 Å². The molecule has 4 nitrogen and oxygen atoms in total. The van der Waals surface area contributed by atoms with Crippen molar-refractivity contribution in [1.29, 1.82) is 0 Å². The van der Waals surface area contributed by atoms with Gasteiger partial charge in [0, 0.05) is 34.9 Å². The zero-order valence-corrected chi connectivity index (χ0v) is 12.2. The monoisotopic (exact) mass is 283 g/mol. The predicted octanol–water partition coefficient (Wildman–Crippen LogP) is 1.46. The number of amides is 1. The van der Waals surface area contributed by atoms with Gasteiger partial charge in [-0.15, -0.1) is 0 Å². The van der Waals surface area contributed by atoms with Gasteiger partial charge in [0.05, 0.1) is 6.10 Å². The first-order valence-corrected chi connectivity index (χ1v) is 8.11. The molecule has 0 fully saturated rings. The molecule has 0 aliphatic rings. The maximum Gasteiger partial charge on any atom is 0.251 e. The van der Waals surface area contributed by atoms with E-state index in [9.17, 15) is 14.1 Å². The molecule has 1 rings (SSSR count). The van der Waals surface area contributed by atoms with Gasteiger partial charge >= 0.3 is 0 Å². The van der Waals surface area contributed by atoms with E-state index in [1.807, 2.05) is 13.0 Å². The smallest absolute Gasteiger partial charge is 0.251 e. The van der Waals surface area contributed by atoms with Crippen LogP contribution in [0.2, 0.25) is 0 Å². The number of nitrogens with one attached hydrogen (secondary N) is 1. The van der Waals surface area contributed by atoms with Crippen molar-refractivity contribution in [2.45, 2.75) is 31.6 Å². The number of aliphatic hydroxyl groups is 1. The van der Waals surface area contributed by atoms with Gasteiger partial charge in [-0.3, -0.25) is 9.00 Å². The van der Waals surface area contributed by atoms with E-state index in [-0.39, 0.29) is 12.5 Å². The molecule has 0 aliphatic heterocycles. The number of rotatable bonds is 7. The summed E-state index contributed by atoms with van der Waals surface area (Å²) >= 11 is 0. The third-order valence-corrected chi connectivity index (χ3v) is 3.42. The zero-order valence-electron chi connectivity index (χ0n) is 11.4. The quantitative estimate of drug-likeness (QED) is 0.796. The maximum absolute atomic E-state index is 11.9. The molecule has 0 saturated heterocycles. The molecule has 19 heavy (non-hydrogen) atoms. The topological polar surface area (TPSA) is 66.4 Å². The van der Waals surface area contributed by atoms with Crippen molar-refractivity contribution in [3.8, 4) is 0 Å². The highest BCUT2D eigenvalue weighted by molar-refractivity contribution is 7.83. The van der Waals surface area contributed by atoms with Gasteiger partial charge in [-0.05, 0) is 24.1 Å². The number of hydrogen-bond donors (Lipinski definition) is 2. The van der Waals surface area contributed by atoms with Crippen LogP contribution in [-0.4, -0.2) is 34.1 Å². The van der Waals surface area contributed by atoms with Crippen LogP contribution in [0.5, 0.6) is 0 Å². The summed E-state index contributed by atoms with van der Waals surface area (Å²) in [7, 11) is -0.924. The second-order valence-corrected chi connectivity index (χ2v) is 6.01. The van der Waals surface area contributed by atoms with Gasteiger partial charge in [-0.25, -0.2) is 0 Å². The van der Waals surface area contributed by atoms with E-state index in [1.165, 1.54) is 0 Å². The lowest BCUT2D eigenvalue weighted by molar-refractivity contribution is 0.0910. The minimum Gasteiger partial charge on any atom is -0.391 e. The summed E-state index contributed by atoms with van der Waals surface area (Å²) < 4.78 is 11.2. The number of hydrogen-bond acceptors (Lipinski definition) is 3. The first-order valence-electron chi connectivity index (χ1n) is 6.38. The summed E-state index contributed by atoms with van der Waals surface area (Å²) in [6.45, 7) is 2.25. The summed E-state index contributed by atoms with van der Waals surface area (Å²) in [5.74, 6) is 0.235. The van der Waals surface area contributed by atoms with Crippen LogP contribution in [0.15, 0.2) is 24.3 Å². The van der Waals surface area contributed by atoms with E-state index in [0.29, 0.717) is 17.7 Å². The van der Waals surface area contributed by atoms with Crippen molar-refractivity contribution in [3.63, 3.8) is 0 Å². The SMILES string of the molecule is CCCC(O)CNC(=O)c1cccc(CS(C)=O)c1. The van der Waals surface area contributed by atoms with Gasteiger partial charge in [0.25, 0.3) is 5.91 Å². The lowest BCUT2D eigenvalue weighted by atomic mass is 10.1. The molecule has 0 saturated carbocycles. The van der Waals surface area contributed by atoms with Crippen LogP contribution in [0.25, 0.3) is 0 Å². The molecule has 1 amide bonds. The average molecular weight is 283 g/mol. The van der Waals surface area contributed by atoms with Gasteiger partial charge in [0.1, 0.15) is 0 Å². The molecule has 2 atom stereocenters. The molecular formula is C14H21NO3S. The third kappa shape index (κ3) is 5.98. The second-order valence-electron chi connectivity index (χ2n) is 4.57. The summed E-state index contributed by atoms with van der Waals surface area (Å²) in [6, 6.07) is 7.08. The van der Waals surface area contributed by atoms with Crippen molar-refractivity contribution in [2.75, 3.05) is 12.8 Å².